The van der Waals surface area contributed by atoms with Gasteiger partial charge < -0.3 is 4.74 Å². The number of urea groups is 1. The van der Waals surface area contributed by atoms with Crippen molar-refractivity contribution in [2.75, 3.05) is 11.5 Å². The van der Waals surface area contributed by atoms with E-state index in [1.807, 2.05) is 19.1 Å². The molecule has 6 nitrogen and oxygen atoms in total. The number of rotatable bonds is 6. The van der Waals surface area contributed by atoms with Gasteiger partial charge in [0.1, 0.15) is 11.3 Å². The predicted octanol–water partition coefficient (Wildman–Crippen LogP) is 5.56. The molecule has 1 heterocycles. The second kappa shape index (κ2) is 10.4. The molecule has 0 radical (unpaired) electrons. The van der Waals surface area contributed by atoms with Crippen LogP contribution in [0.5, 0.6) is 5.75 Å². The van der Waals surface area contributed by atoms with Gasteiger partial charge in [-0.1, -0.05) is 47.5 Å². The minimum absolute atomic E-state index is 0.117. The number of nitrogens with one attached hydrogen (secondary N) is 1. The highest BCUT2D eigenvalue weighted by Gasteiger charge is 2.36. The van der Waals surface area contributed by atoms with Crippen LogP contribution in [-0.2, 0) is 16.0 Å². The van der Waals surface area contributed by atoms with Crippen LogP contribution < -0.4 is 15.0 Å². The molecular formula is C28H25IN2O4. The van der Waals surface area contributed by atoms with Gasteiger partial charge in [-0.3, -0.25) is 14.9 Å². The van der Waals surface area contributed by atoms with Crippen molar-refractivity contribution in [3.63, 3.8) is 0 Å². The Morgan fingerprint density at radius 2 is 1.66 bits per heavy atom. The number of carbonyl (C=O) groups excluding carboxylic acids is 3. The number of hydrogen-bond donors (Lipinski definition) is 1. The van der Waals surface area contributed by atoms with E-state index in [2.05, 4.69) is 60.0 Å². The van der Waals surface area contributed by atoms with Gasteiger partial charge in [-0.05, 0) is 84.8 Å². The van der Waals surface area contributed by atoms with Crippen molar-refractivity contribution in [3.05, 3.63) is 97.6 Å². The number of anilines is 1. The van der Waals surface area contributed by atoms with Gasteiger partial charge in [0.25, 0.3) is 11.8 Å². The molecule has 178 valence electrons. The highest BCUT2D eigenvalue weighted by molar-refractivity contribution is 14.1. The molecule has 0 atom stereocenters. The van der Waals surface area contributed by atoms with Crippen molar-refractivity contribution >= 4 is 52.2 Å². The van der Waals surface area contributed by atoms with E-state index in [4.69, 9.17) is 4.74 Å². The molecule has 0 aliphatic carbocycles. The smallest absolute Gasteiger partial charge is 0.335 e. The Balaban J connectivity index is 1.72. The fourth-order valence-corrected chi connectivity index (χ4v) is 5.00. The van der Waals surface area contributed by atoms with E-state index >= 15 is 0 Å². The minimum Gasteiger partial charge on any atom is -0.494 e. The lowest BCUT2D eigenvalue weighted by molar-refractivity contribution is -0.122. The number of carbonyl (C=O) groups is 3. The van der Waals surface area contributed by atoms with Crippen LogP contribution in [0.15, 0.2) is 66.2 Å². The lowest BCUT2D eigenvalue weighted by atomic mass is 9.98. The molecule has 35 heavy (non-hydrogen) atoms. The highest BCUT2D eigenvalue weighted by atomic mass is 127. The number of hydrogen-bond acceptors (Lipinski definition) is 4. The minimum atomic E-state index is -0.767. The Bertz CT molecular complexity index is 1330. The molecule has 7 heteroatoms. The van der Waals surface area contributed by atoms with Crippen molar-refractivity contribution in [3.8, 4) is 5.75 Å². The quantitative estimate of drug-likeness (QED) is 0.235. The number of barbiturate groups is 1. The third-order valence-corrected chi connectivity index (χ3v) is 6.53. The number of para-hydroxylation sites is 1. The second-order valence-electron chi connectivity index (χ2n) is 8.38. The van der Waals surface area contributed by atoms with Crippen molar-refractivity contribution in [1.82, 2.24) is 5.32 Å². The van der Waals surface area contributed by atoms with Crippen LogP contribution in [-0.4, -0.2) is 24.5 Å². The second-order valence-corrected chi connectivity index (χ2v) is 9.54. The van der Waals surface area contributed by atoms with Crippen molar-refractivity contribution in [2.45, 2.75) is 27.2 Å². The average Bonchev–Trinajstić information content (AvgIpc) is 2.79. The van der Waals surface area contributed by atoms with Crippen molar-refractivity contribution in [1.29, 1.82) is 0 Å². The molecule has 1 N–H and O–H groups in total. The molecule has 1 aliphatic rings. The monoisotopic (exact) mass is 580 g/mol. The Labute approximate surface area is 218 Å². The van der Waals surface area contributed by atoms with E-state index in [1.165, 1.54) is 22.8 Å². The maximum Gasteiger partial charge on any atom is 0.335 e. The molecule has 1 saturated heterocycles. The van der Waals surface area contributed by atoms with E-state index in [1.54, 1.807) is 30.3 Å². The summed E-state index contributed by atoms with van der Waals surface area (Å²) in [5, 5.41) is 2.26. The number of nitrogens with zero attached hydrogens (tertiary/aromatic N) is 1. The van der Waals surface area contributed by atoms with Gasteiger partial charge >= 0.3 is 6.03 Å². The van der Waals surface area contributed by atoms with Gasteiger partial charge in [-0.15, -0.1) is 0 Å². The summed E-state index contributed by atoms with van der Waals surface area (Å²) in [5.41, 5.74) is 5.55. The van der Waals surface area contributed by atoms with Crippen LogP contribution >= 0.6 is 22.6 Å². The lowest BCUT2D eigenvalue weighted by Crippen LogP contribution is -2.54. The number of benzene rings is 3. The first-order valence-corrected chi connectivity index (χ1v) is 12.3. The average molecular weight is 580 g/mol. The summed E-state index contributed by atoms with van der Waals surface area (Å²) in [6.07, 6.45) is 2.20. The first-order chi connectivity index (χ1) is 16.8. The standard InChI is InChI=1S/C28H25IN2O4/c1-4-35-25-16-20(15-24(29)22(25)13-19-11-17(2)10-18(3)12-19)14-23-26(32)30-28(34)31(27(23)33)21-8-6-5-7-9-21/h5-12,14-16H,4,13H2,1-3H3,(H,30,32,34)/b23-14+. The van der Waals surface area contributed by atoms with E-state index in [0.29, 0.717) is 30.0 Å². The molecule has 0 spiro atoms. The molecular weight excluding hydrogens is 555 g/mol. The number of amides is 4. The highest BCUT2D eigenvalue weighted by Crippen LogP contribution is 2.31. The van der Waals surface area contributed by atoms with Crippen LogP contribution in [0.25, 0.3) is 6.08 Å². The van der Waals surface area contributed by atoms with Crippen LogP contribution in [0, 0.1) is 17.4 Å². The lowest BCUT2D eigenvalue weighted by Gasteiger charge is -2.26. The van der Waals surface area contributed by atoms with Gasteiger partial charge in [-0.2, -0.15) is 0 Å². The van der Waals surface area contributed by atoms with Gasteiger partial charge in [0, 0.05) is 15.6 Å². The van der Waals surface area contributed by atoms with Crippen LogP contribution in [0.3, 0.4) is 0 Å². The molecule has 4 amide bonds. The molecule has 4 rings (SSSR count). The third kappa shape index (κ3) is 5.45. The van der Waals surface area contributed by atoms with Crippen LogP contribution in [0.4, 0.5) is 10.5 Å². The first kappa shape index (κ1) is 24.7. The maximum atomic E-state index is 13.2. The molecule has 1 fully saturated rings. The Morgan fingerprint density at radius 3 is 2.31 bits per heavy atom. The molecule has 0 aromatic heterocycles. The van der Waals surface area contributed by atoms with E-state index in [0.717, 1.165) is 14.0 Å². The number of ether oxygens (including phenoxy) is 1. The van der Waals surface area contributed by atoms with E-state index < -0.39 is 17.8 Å². The largest absolute Gasteiger partial charge is 0.494 e. The summed E-state index contributed by atoms with van der Waals surface area (Å²) in [4.78, 5) is 39.1. The normalized spacial score (nSPS) is 14.9. The van der Waals surface area contributed by atoms with E-state index in [9.17, 15) is 14.4 Å². The SMILES string of the molecule is CCOc1cc(/C=C2\C(=O)NC(=O)N(c3ccccc3)C2=O)cc(I)c1Cc1cc(C)cc(C)c1. The summed E-state index contributed by atoms with van der Waals surface area (Å²) in [7, 11) is 0. The summed E-state index contributed by atoms with van der Waals surface area (Å²) in [5.74, 6) is -0.693. The Kier molecular flexibility index (Phi) is 7.35. The topological polar surface area (TPSA) is 75.7 Å². The fraction of sp³-hybridized carbons (Fsp3) is 0.179. The van der Waals surface area contributed by atoms with Gasteiger partial charge in [0.2, 0.25) is 0 Å². The van der Waals surface area contributed by atoms with Crippen LogP contribution in [0.1, 0.15) is 34.7 Å². The Morgan fingerprint density at radius 1 is 0.971 bits per heavy atom. The van der Waals surface area contributed by atoms with Gasteiger partial charge in [0.05, 0.1) is 12.3 Å². The summed E-state index contributed by atoms with van der Waals surface area (Å²) in [6, 6.07) is 18.0. The third-order valence-electron chi connectivity index (χ3n) is 5.57. The summed E-state index contributed by atoms with van der Waals surface area (Å²) in [6.45, 7) is 6.55. The van der Waals surface area contributed by atoms with Crippen LogP contribution in [0.2, 0.25) is 0 Å². The zero-order chi connectivity index (χ0) is 25.1. The fourth-order valence-electron chi connectivity index (χ4n) is 4.18. The van der Waals surface area contributed by atoms with Crippen molar-refractivity contribution < 1.29 is 19.1 Å². The zero-order valence-corrected chi connectivity index (χ0v) is 21.9. The molecule has 0 unspecified atom stereocenters. The predicted molar refractivity (Wildman–Crippen MR) is 144 cm³/mol. The zero-order valence-electron chi connectivity index (χ0n) is 19.7. The first-order valence-electron chi connectivity index (χ1n) is 11.3. The molecule has 0 bridgehead atoms. The molecule has 1 aliphatic heterocycles. The van der Waals surface area contributed by atoms with Gasteiger partial charge in [0.15, 0.2) is 0 Å². The number of halogens is 1. The van der Waals surface area contributed by atoms with Crippen molar-refractivity contribution in [2.24, 2.45) is 0 Å². The molecule has 3 aromatic rings. The van der Waals surface area contributed by atoms with Gasteiger partial charge in [-0.25, -0.2) is 9.69 Å². The van der Waals surface area contributed by atoms with E-state index in [-0.39, 0.29) is 5.57 Å². The number of aryl methyl sites for hydroxylation is 2. The summed E-state index contributed by atoms with van der Waals surface area (Å²) >= 11 is 2.26. The molecule has 0 saturated carbocycles. The Hall–Kier alpha value is -3.46. The maximum absolute atomic E-state index is 13.2. The number of imide groups is 2. The molecule has 3 aromatic carbocycles. The summed E-state index contributed by atoms with van der Waals surface area (Å²) < 4.78 is 6.92.